The normalized spacial score (nSPS) is 11.0. The molecule has 0 bridgehead atoms. The van der Waals surface area contributed by atoms with Crippen LogP contribution >= 0.6 is 0 Å². The first kappa shape index (κ1) is 18.6. The van der Waals surface area contributed by atoms with E-state index in [-0.39, 0.29) is 11.4 Å². The monoisotopic (exact) mass is 353 g/mol. The van der Waals surface area contributed by atoms with E-state index in [1.165, 1.54) is 18.2 Å². The molecule has 2 aromatic carbocycles. The second-order valence-corrected chi connectivity index (χ2v) is 5.23. The molecule has 0 saturated heterocycles. The molecule has 0 aromatic heterocycles. The number of benzene rings is 2. The van der Waals surface area contributed by atoms with Crippen LogP contribution in [0.5, 0.6) is 11.5 Å². The summed E-state index contributed by atoms with van der Waals surface area (Å²) in [6, 6.07) is 12.5. The summed E-state index contributed by atoms with van der Waals surface area (Å²) >= 11 is 0. The van der Waals surface area contributed by atoms with Gasteiger partial charge in [-0.05, 0) is 42.8 Å². The molecular formula is C18H18F3NO3. The zero-order valence-corrected chi connectivity index (χ0v) is 13.6. The number of halogens is 3. The van der Waals surface area contributed by atoms with Crippen molar-refractivity contribution in [2.45, 2.75) is 19.5 Å². The maximum absolute atomic E-state index is 12.3. The maximum atomic E-state index is 12.3. The van der Waals surface area contributed by atoms with Gasteiger partial charge in [0, 0.05) is 5.56 Å². The number of carbonyl (C=O) groups excluding carboxylic acids is 1. The van der Waals surface area contributed by atoms with E-state index >= 15 is 0 Å². The standard InChI is InChI=1S/C18H18F3NO3/c1-2-11-24-14-9-7-13(8-10-14)17(23)22-15-5-3-4-6-16(15)25-12-18(19,20)21/h3-10H,2,11-12H2,1H3,(H,22,23). The molecule has 1 amide bonds. The van der Waals surface area contributed by atoms with Crippen LogP contribution in [0.15, 0.2) is 48.5 Å². The van der Waals surface area contributed by atoms with E-state index in [0.717, 1.165) is 6.42 Å². The van der Waals surface area contributed by atoms with Gasteiger partial charge in [-0.15, -0.1) is 0 Å². The quantitative estimate of drug-likeness (QED) is 0.787. The van der Waals surface area contributed by atoms with Gasteiger partial charge in [-0.2, -0.15) is 13.2 Å². The lowest BCUT2D eigenvalue weighted by Crippen LogP contribution is -2.20. The summed E-state index contributed by atoms with van der Waals surface area (Å²) in [5.74, 6) is 0.147. The van der Waals surface area contributed by atoms with Crippen LogP contribution in [0.4, 0.5) is 18.9 Å². The van der Waals surface area contributed by atoms with Gasteiger partial charge >= 0.3 is 6.18 Å². The first-order valence-corrected chi connectivity index (χ1v) is 7.72. The fraction of sp³-hybridized carbons (Fsp3) is 0.278. The van der Waals surface area contributed by atoms with Crippen molar-refractivity contribution in [2.24, 2.45) is 0 Å². The summed E-state index contributed by atoms with van der Waals surface area (Å²) in [5.41, 5.74) is 0.525. The van der Waals surface area contributed by atoms with Crippen LogP contribution < -0.4 is 14.8 Å². The molecule has 0 unspecified atom stereocenters. The van der Waals surface area contributed by atoms with Gasteiger partial charge in [0.1, 0.15) is 11.5 Å². The minimum Gasteiger partial charge on any atom is -0.494 e. The second kappa shape index (κ2) is 8.41. The summed E-state index contributed by atoms with van der Waals surface area (Å²) in [6.07, 6.45) is -3.58. The van der Waals surface area contributed by atoms with E-state index in [1.807, 2.05) is 6.92 Å². The van der Waals surface area contributed by atoms with Gasteiger partial charge in [0.25, 0.3) is 5.91 Å². The second-order valence-electron chi connectivity index (χ2n) is 5.23. The molecule has 1 N–H and O–H groups in total. The summed E-state index contributed by atoms with van der Waals surface area (Å²) in [7, 11) is 0. The van der Waals surface area contributed by atoms with Crippen LogP contribution in [0.3, 0.4) is 0 Å². The SMILES string of the molecule is CCCOc1ccc(C(=O)Nc2ccccc2OCC(F)(F)F)cc1. The van der Waals surface area contributed by atoms with Crippen molar-refractivity contribution in [3.05, 3.63) is 54.1 Å². The molecule has 7 heteroatoms. The minimum absolute atomic E-state index is 0.0453. The number of alkyl halides is 3. The Balaban J connectivity index is 2.05. The third kappa shape index (κ3) is 6.02. The van der Waals surface area contributed by atoms with Gasteiger partial charge in [-0.25, -0.2) is 0 Å². The Morgan fingerprint density at radius 2 is 1.72 bits per heavy atom. The van der Waals surface area contributed by atoms with Gasteiger partial charge in [-0.3, -0.25) is 4.79 Å². The smallest absolute Gasteiger partial charge is 0.422 e. The molecule has 0 aliphatic rings. The highest BCUT2D eigenvalue weighted by Crippen LogP contribution is 2.27. The number of hydrogen-bond acceptors (Lipinski definition) is 3. The number of anilines is 1. The molecule has 2 aromatic rings. The predicted octanol–water partition coefficient (Wildman–Crippen LogP) is 4.67. The zero-order chi connectivity index (χ0) is 18.3. The van der Waals surface area contributed by atoms with Crippen LogP contribution in [0.25, 0.3) is 0 Å². The molecule has 0 atom stereocenters. The van der Waals surface area contributed by atoms with Crippen molar-refractivity contribution in [3.63, 3.8) is 0 Å². The Morgan fingerprint density at radius 3 is 2.36 bits per heavy atom. The van der Waals surface area contributed by atoms with Crippen molar-refractivity contribution in [1.29, 1.82) is 0 Å². The fourth-order valence-corrected chi connectivity index (χ4v) is 1.97. The average Bonchev–Trinajstić information content (AvgIpc) is 2.59. The van der Waals surface area contributed by atoms with Crippen molar-refractivity contribution in [2.75, 3.05) is 18.5 Å². The van der Waals surface area contributed by atoms with Gasteiger partial charge in [-0.1, -0.05) is 19.1 Å². The van der Waals surface area contributed by atoms with Crippen LogP contribution in [-0.2, 0) is 0 Å². The number of hydrogen-bond donors (Lipinski definition) is 1. The van der Waals surface area contributed by atoms with Crippen LogP contribution in [0.2, 0.25) is 0 Å². The Morgan fingerprint density at radius 1 is 1.04 bits per heavy atom. The minimum atomic E-state index is -4.45. The molecule has 25 heavy (non-hydrogen) atoms. The summed E-state index contributed by atoms with van der Waals surface area (Å²) in [5, 5.41) is 2.55. The molecule has 0 saturated carbocycles. The van der Waals surface area contributed by atoms with Crippen LogP contribution in [0, 0.1) is 0 Å². The van der Waals surface area contributed by atoms with E-state index in [1.54, 1.807) is 30.3 Å². The molecule has 0 aliphatic carbocycles. The first-order valence-electron chi connectivity index (χ1n) is 7.72. The number of rotatable bonds is 7. The topological polar surface area (TPSA) is 47.6 Å². The molecule has 4 nitrogen and oxygen atoms in total. The van der Waals surface area contributed by atoms with Gasteiger partial charge in [0.15, 0.2) is 6.61 Å². The Hall–Kier alpha value is -2.70. The van der Waals surface area contributed by atoms with Gasteiger partial charge in [0.2, 0.25) is 0 Å². The first-order chi connectivity index (χ1) is 11.9. The Kier molecular flexibility index (Phi) is 6.27. The average molecular weight is 353 g/mol. The van der Waals surface area contributed by atoms with E-state index in [0.29, 0.717) is 17.9 Å². The molecule has 0 heterocycles. The lowest BCUT2D eigenvalue weighted by atomic mass is 10.2. The largest absolute Gasteiger partial charge is 0.494 e. The van der Waals surface area contributed by atoms with E-state index in [4.69, 9.17) is 9.47 Å². The van der Waals surface area contributed by atoms with E-state index in [2.05, 4.69) is 5.32 Å². The van der Waals surface area contributed by atoms with E-state index in [9.17, 15) is 18.0 Å². The predicted molar refractivity (Wildman–Crippen MR) is 88.2 cm³/mol. The lowest BCUT2D eigenvalue weighted by Gasteiger charge is -2.14. The number of ether oxygens (including phenoxy) is 2. The summed E-state index contributed by atoms with van der Waals surface area (Å²) < 4.78 is 47.1. The fourth-order valence-electron chi connectivity index (χ4n) is 1.97. The molecule has 0 fully saturated rings. The third-order valence-electron chi connectivity index (χ3n) is 3.12. The molecule has 0 spiro atoms. The van der Waals surface area contributed by atoms with Gasteiger partial charge < -0.3 is 14.8 Å². The molecular weight excluding hydrogens is 335 g/mol. The highest BCUT2D eigenvalue weighted by Gasteiger charge is 2.28. The summed E-state index contributed by atoms with van der Waals surface area (Å²) in [6.45, 7) is 1.14. The van der Waals surface area contributed by atoms with Crippen molar-refractivity contribution in [1.82, 2.24) is 0 Å². The van der Waals surface area contributed by atoms with Crippen molar-refractivity contribution < 1.29 is 27.4 Å². The van der Waals surface area contributed by atoms with E-state index < -0.39 is 18.7 Å². The highest BCUT2D eigenvalue weighted by atomic mass is 19.4. The molecule has 134 valence electrons. The summed E-state index contributed by atoms with van der Waals surface area (Å²) in [4.78, 5) is 12.3. The Labute approximate surface area is 143 Å². The van der Waals surface area contributed by atoms with Crippen molar-refractivity contribution in [3.8, 4) is 11.5 Å². The Bertz CT molecular complexity index is 699. The van der Waals surface area contributed by atoms with Gasteiger partial charge in [0.05, 0.1) is 12.3 Å². The number of para-hydroxylation sites is 2. The lowest BCUT2D eigenvalue weighted by molar-refractivity contribution is -0.153. The molecule has 0 radical (unpaired) electrons. The number of amides is 1. The number of carbonyl (C=O) groups is 1. The highest BCUT2D eigenvalue weighted by molar-refractivity contribution is 6.05. The zero-order valence-electron chi connectivity index (χ0n) is 13.6. The van der Waals surface area contributed by atoms with Crippen LogP contribution in [-0.4, -0.2) is 25.3 Å². The molecule has 2 rings (SSSR count). The number of nitrogens with one attached hydrogen (secondary N) is 1. The maximum Gasteiger partial charge on any atom is 0.422 e. The third-order valence-corrected chi connectivity index (χ3v) is 3.12. The van der Waals surface area contributed by atoms with Crippen LogP contribution in [0.1, 0.15) is 23.7 Å². The molecule has 0 aliphatic heterocycles. The van der Waals surface area contributed by atoms with Crippen molar-refractivity contribution >= 4 is 11.6 Å².